The molecule has 2 aromatic carbocycles. The molecule has 0 aliphatic heterocycles. The molecule has 0 saturated heterocycles. The zero-order chi connectivity index (χ0) is 17.3. The van der Waals surface area contributed by atoms with Crippen molar-refractivity contribution in [3.8, 4) is 0 Å². The lowest BCUT2D eigenvalue weighted by Crippen LogP contribution is -2.31. The maximum Gasteiger partial charge on any atom is 0.255 e. The highest BCUT2D eigenvalue weighted by Gasteiger charge is 2.33. The van der Waals surface area contributed by atoms with Crippen molar-refractivity contribution in [3.05, 3.63) is 58.9 Å². The topological polar surface area (TPSA) is 49.4 Å². The maximum atomic E-state index is 13.7. The van der Waals surface area contributed by atoms with Crippen molar-refractivity contribution < 1.29 is 14.0 Å². The van der Waals surface area contributed by atoms with Gasteiger partial charge in [0.25, 0.3) is 5.91 Å². The van der Waals surface area contributed by atoms with Crippen LogP contribution < -0.4 is 10.2 Å². The number of rotatable bonds is 4. The van der Waals surface area contributed by atoms with E-state index in [4.69, 9.17) is 11.6 Å². The minimum Gasteiger partial charge on any atom is -0.320 e. The van der Waals surface area contributed by atoms with Gasteiger partial charge in [-0.05, 0) is 55.3 Å². The number of halogens is 2. The first kappa shape index (κ1) is 16.5. The van der Waals surface area contributed by atoms with E-state index in [1.165, 1.54) is 25.1 Å². The summed E-state index contributed by atoms with van der Waals surface area (Å²) in [5.74, 6) is -1.01. The minimum atomic E-state index is -0.482. The SMILES string of the molecule is CC(=O)N(c1ccc(F)cc1NC(=O)c1ccc(Cl)cc1)C1CC1. The Balaban J connectivity index is 1.91. The summed E-state index contributed by atoms with van der Waals surface area (Å²) in [4.78, 5) is 26.0. The molecule has 0 atom stereocenters. The van der Waals surface area contributed by atoms with E-state index in [0.29, 0.717) is 16.3 Å². The van der Waals surface area contributed by atoms with Crippen LogP contribution in [0, 0.1) is 5.82 Å². The zero-order valence-corrected chi connectivity index (χ0v) is 13.8. The standard InChI is InChI=1S/C18H16ClFN2O2/c1-11(23)22(15-7-8-15)17-9-6-14(20)10-16(17)21-18(24)12-2-4-13(19)5-3-12/h2-6,9-10,15H,7-8H2,1H3,(H,21,24). The lowest BCUT2D eigenvalue weighted by Gasteiger charge is -2.24. The van der Waals surface area contributed by atoms with E-state index in [2.05, 4.69) is 5.32 Å². The Morgan fingerprint density at radius 3 is 2.42 bits per heavy atom. The third-order valence-electron chi connectivity index (χ3n) is 3.82. The Morgan fingerprint density at radius 1 is 1.17 bits per heavy atom. The van der Waals surface area contributed by atoms with Gasteiger partial charge in [-0.2, -0.15) is 0 Å². The molecule has 0 heterocycles. The normalized spacial score (nSPS) is 13.5. The molecule has 0 spiro atoms. The predicted octanol–water partition coefficient (Wildman–Crippen LogP) is 4.25. The number of nitrogens with zero attached hydrogens (tertiary/aromatic N) is 1. The van der Waals surface area contributed by atoms with Crippen molar-refractivity contribution in [2.45, 2.75) is 25.8 Å². The Kier molecular flexibility index (Phi) is 4.53. The molecular formula is C18H16ClFN2O2. The number of carbonyl (C=O) groups is 2. The molecule has 2 aromatic rings. The molecule has 1 fully saturated rings. The van der Waals surface area contributed by atoms with Crippen LogP contribution in [0.4, 0.5) is 15.8 Å². The van der Waals surface area contributed by atoms with Crippen molar-refractivity contribution >= 4 is 34.8 Å². The van der Waals surface area contributed by atoms with E-state index in [0.717, 1.165) is 12.8 Å². The molecule has 3 rings (SSSR count). The fourth-order valence-corrected chi connectivity index (χ4v) is 2.70. The van der Waals surface area contributed by atoms with Crippen LogP contribution in [0.2, 0.25) is 5.02 Å². The van der Waals surface area contributed by atoms with Crippen LogP contribution in [-0.2, 0) is 4.79 Å². The highest BCUT2D eigenvalue weighted by molar-refractivity contribution is 6.30. The van der Waals surface area contributed by atoms with Crippen LogP contribution in [0.3, 0.4) is 0 Å². The van der Waals surface area contributed by atoms with Gasteiger partial charge in [0.05, 0.1) is 11.4 Å². The van der Waals surface area contributed by atoms with Gasteiger partial charge in [-0.3, -0.25) is 9.59 Å². The average Bonchev–Trinajstić information content (AvgIpc) is 3.35. The van der Waals surface area contributed by atoms with Gasteiger partial charge in [0, 0.05) is 23.6 Å². The Hall–Kier alpha value is -2.40. The maximum absolute atomic E-state index is 13.7. The van der Waals surface area contributed by atoms with Crippen LogP contribution >= 0.6 is 11.6 Å². The summed E-state index contributed by atoms with van der Waals surface area (Å²) in [5, 5.41) is 3.21. The van der Waals surface area contributed by atoms with Gasteiger partial charge < -0.3 is 10.2 Å². The Morgan fingerprint density at radius 2 is 1.83 bits per heavy atom. The van der Waals surface area contributed by atoms with E-state index in [9.17, 15) is 14.0 Å². The molecule has 1 N–H and O–H groups in total. The highest BCUT2D eigenvalue weighted by atomic mass is 35.5. The van der Waals surface area contributed by atoms with E-state index in [1.54, 1.807) is 29.2 Å². The molecule has 1 aliphatic carbocycles. The van der Waals surface area contributed by atoms with Crippen molar-refractivity contribution in [1.82, 2.24) is 0 Å². The first-order valence-electron chi connectivity index (χ1n) is 7.62. The van der Waals surface area contributed by atoms with Gasteiger partial charge in [-0.25, -0.2) is 4.39 Å². The second-order valence-electron chi connectivity index (χ2n) is 5.74. The molecule has 1 saturated carbocycles. The summed E-state index contributed by atoms with van der Waals surface area (Å²) in [7, 11) is 0. The van der Waals surface area contributed by atoms with Crippen LogP contribution in [0.15, 0.2) is 42.5 Å². The van der Waals surface area contributed by atoms with Gasteiger partial charge >= 0.3 is 0 Å². The molecule has 124 valence electrons. The fraction of sp³-hybridized carbons (Fsp3) is 0.222. The zero-order valence-electron chi connectivity index (χ0n) is 13.1. The van der Waals surface area contributed by atoms with Crippen LogP contribution in [0.25, 0.3) is 0 Å². The first-order chi connectivity index (χ1) is 11.5. The van der Waals surface area contributed by atoms with Crippen molar-refractivity contribution in [3.63, 3.8) is 0 Å². The molecule has 1 aliphatic rings. The third-order valence-corrected chi connectivity index (χ3v) is 4.08. The van der Waals surface area contributed by atoms with E-state index >= 15 is 0 Å². The predicted molar refractivity (Wildman–Crippen MR) is 92.0 cm³/mol. The average molecular weight is 347 g/mol. The first-order valence-corrected chi connectivity index (χ1v) is 8.00. The second-order valence-corrected chi connectivity index (χ2v) is 6.18. The third kappa shape index (κ3) is 3.57. The number of carbonyl (C=O) groups excluding carboxylic acids is 2. The highest BCUT2D eigenvalue weighted by Crippen LogP contribution is 2.36. The van der Waals surface area contributed by atoms with Crippen LogP contribution in [0.1, 0.15) is 30.1 Å². The lowest BCUT2D eigenvalue weighted by molar-refractivity contribution is -0.116. The quantitative estimate of drug-likeness (QED) is 0.899. The molecule has 0 aromatic heterocycles. The van der Waals surface area contributed by atoms with Crippen LogP contribution in [0.5, 0.6) is 0 Å². The number of nitrogens with one attached hydrogen (secondary N) is 1. The number of hydrogen-bond acceptors (Lipinski definition) is 2. The number of amides is 2. The van der Waals surface area contributed by atoms with Crippen molar-refractivity contribution in [1.29, 1.82) is 0 Å². The fourth-order valence-electron chi connectivity index (χ4n) is 2.57. The van der Waals surface area contributed by atoms with Gasteiger partial charge in [0.2, 0.25) is 5.91 Å². The summed E-state index contributed by atoms with van der Waals surface area (Å²) < 4.78 is 13.7. The molecule has 0 radical (unpaired) electrons. The largest absolute Gasteiger partial charge is 0.320 e. The molecule has 24 heavy (non-hydrogen) atoms. The molecule has 6 heteroatoms. The smallest absolute Gasteiger partial charge is 0.255 e. The molecule has 4 nitrogen and oxygen atoms in total. The summed E-state index contributed by atoms with van der Waals surface area (Å²) in [5.41, 5.74) is 1.18. The second kappa shape index (κ2) is 6.61. The summed E-state index contributed by atoms with van der Waals surface area (Å²) >= 11 is 5.82. The molecule has 0 bridgehead atoms. The van der Waals surface area contributed by atoms with Gasteiger partial charge in [0.15, 0.2) is 0 Å². The van der Waals surface area contributed by atoms with Gasteiger partial charge in [-0.15, -0.1) is 0 Å². The Labute approximate surface area is 144 Å². The van der Waals surface area contributed by atoms with Crippen LogP contribution in [-0.4, -0.2) is 17.9 Å². The molecule has 2 amide bonds. The minimum absolute atomic E-state index is 0.110. The van der Waals surface area contributed by atoms with Crippen molar-refractivity contribution in [2.75, 3.05) is 10.2 Å². The van der Waals surface area contributed by atoms with Gasteiger partial charge in [-0.1, -0.05) is 11.6 Å². The number of anilines is 2. The summed E-state index contributed by atoms with van der Waals surface area (Å²) in [6, 6.07) is 10.5. The number of benzene rings is 2. The molecule has 0 unspecified atom stereocenters. The summed E-state index contributed by atoms with van der Waals surface area (Å²) in [6.07, 6.45) is 1.81. The number of hydrogen-bond donors (Lipinski definition) is 1. The molecular weight excluding hydrogens is 331 g/mol. The van der Waals surface area contributed by atoms with Crippen molar-refractivity contribution in [2.24, 2.45) is 0 Å². The van der Waals surface area contributed by atoms with E-state index < -0.39 is 11.7 Å². The lowest BCUT2D eigenvalue weighted by atomic mass is 10.2. The summed E-state index contributed by atoms with van der Waals surface area (Å²) in [6.45, 7) is 1.46. The van der Waals surface area contributed by atoms with Gasteiger partial charge in [0.1, 0.15) is 5.82 Å². The monoisotopic (exact) mass is 346 g/mol. The van der Waals surface area contributed by atoms with E-state index in [1.807, 2.05) is 0 Å². The Bertz CT molecular complexity index is 788. The van der Waals surface area contributed by atoms with E-state index in [-0.39, 0.29) is 17.6 Å².